The number of nitrogens with zero attached hydrogens (tertiary/aromatic N) is 2. The van der Waals surface area contributed by atoms with Gasteiger partial charge in [0, 0.05) is 12.6 Å². The molecule has 1 aromatic carbocycles. The maximum absolute atomic E-state index is 11.1. The Kier molecular flexibility index (Phi) is 20.9. The lowest BCUT2D eigenvalue weighted by Crippen LogP contribution is -2.27. The van der Waals surface area contributed by atoms with Gasteiger partial charge in [0.1, 0.15) is 5.69 Å². The number of nitro groups is 2. The Morgan fingerprint density at radius 3 is 1.37 bits per heavy atom. The van der Waals surface area contributed by atoms with Crippen molar-refractivity contribution in [2.24, 2.45) is 0 Å². The molecule has 0 aliphatic rings. The van der Waals surface area contributed by atoms with Crippen molar-refractivity contribution in [1.29, 1.82) is 0 Å². The van der Waals surface area contributed by atoms with Gasteiger partial charge in [-0.05, 0) is 25.7 Å². The predicted molar refractivity (Wildman–Crippen MR) is 153 cm³/mol. The Balaban J connectivity index is 1.80. The molecule has 16 heteroatoms. The number of nitro benzene ring substituents is 2. The van der Waals surface area contributed by atoms with Crippen molar-refractivity contribution in [2.45, 2.75) is 19.6 Å². The third-order valence-corrected chi connectivity index (χ3v) is 6.02. The highest BCUT2D eigenvalue weighted by atomic mass is 28.4. The van der Waals surface area contributed by atoms with Gasteiger partial charge in [0.05, 0.1) is 115 Å². The molecular weight excluding hydrogens is 562 g/mol. The van der Waals surface area contributed by atoms with E-state index in [4.69, 9.17) is 37.6 Å². The average Bonchev–Trinajstić information content (AvgIpc) is 2.92. The van der Waals surface area contributed by atoms with Crippen LogP contribution in [0.3, 0.4) is 0 Å². The second kappa shape index (κ2) is 23.3. The van der Waals surface area contributed by atoms with Gasteiger partial charge in [-0.2, -0.15) is 0 Å². The van der Waals surface area contributed by atoms with E-state index in [1.807, 2.05) is 0 Å². The monoisotopic (exact) mass is 607 g/mol. The summed E-state index contributed by atoms with van der Waals surface area (Å²) in [4.78, 5) is 20.5. The van der Waals surface area contributed by atoms with Gasteiger partial charge in [-0.1, -0.05) is 0 Å². The van der Waals surface area contributed by atoms with Crippen LogP contribution in [-0.2, 0) is 37.6 Å². The zero-order valence-corrected chi connectivity index (χ0v) is 25.3. The highest BCUT2D eigenvalue weighted by Gasteiger charge is 2.19. The van der Waals surface area contributed by atoms with Crippen LogP contribution in [0.25, 0.3) is 0 Å². The molecular formula is C25H45N3O12Si. The van der Waals surface area contributed by atoms with Crippen molar-refractivity contribution in [1.82, 2.24) is 0 Å². The van der Waals surface area contributed by atoms with Gasteiger partial charge < -0.3 is 42.9 Å². The summed E-state index contributed by atoms with van der Waals surface area (Å²) in [5.74, 6) is 0. The van der Waals surface area contributed by atoms with Gasteiger partial charge in [-0.3, -0.25) is 20.2 Å². The van der Waals surface area contributed by atoms with Gasteiger partial charge in [0.25, 0.3) is 11.4 Å². The molecule has 1 N–H and O–H groups in total. The van der Waals surface area contributed by atoms with Crippen LogP contribution < -0.4 is 5.32 Å². The van der Waals surface area contributed by atoms with Crippen LogP contribution in [0.1, 0.15) is 0 Å². The number of benzene rings is 1. The zero-order chi connectivity index (χ0) is 30.2. The molecule has 0 heterocycles. The number of non-ortho nitro benzene ring substituents is 1. The Hall–Kier alpha value is -2.28. The SMILES string of the molecule is C[Si](C)(C)OCCOCCOCCOCCOCCOCCOCCOCCNc1ccc([N+](=O)[O-])cc1[N+](=O)[O-]. The van der Waals surface area contributed by atoms with Crippen molar-refractivity contribution < 1.29 is 47.4 Å². The minimum Gasteiger partial charge on any atom is -0.415 e. The molecule has 0 saturated heterocycles. The van der Waals surface area contributed by atoms with Crippen LogP contribution in [0.2, 0.25) is 19.6 Å². The molecule has 0 saturated carbocycles. The van der Waals surface area contributed by atoms with Crippen LogP contribution >= 0.6 is 0 Å². The Morgan fingerprint density at radius 2 is 1.00 bits per heavy atom. The Bertz CT molecular complexity index is 845. The highest BCUT2D eigenvalue weighted by molar-refractivity contribution is 6.69. The smallest absolute Gasteiger partial charge is 0.299 e. The second-order valence-corrected chi connectivity index (χ2v) is 13.9. The molecule has 0 bridgehead atoms. The normalized spacial score (nSPS) is 11.6. The standard InChI is InChI=1S/C25H45N3O12Si/c1-41(2,3)40-21-20-39-19-18-38-17-16-37-15-14-36-13-12-35-11-10-34-9-8-33-7-6-26-24-5-4-23(27(29)30)22-25(24)28(31)32/h4-5,22,26H,6-21H2,1-3H3. The summed E-state index contributed by atoms with van der Waals surface area (Å²) in [5, 5.41) is 24.7. The van der Waals surface area contributed by atoms with E-state index < -0.39 is 18.2 Å². The topological polar surface area (TPSA) is 172 Å². The van der Waals surface area contributed by atoms with Crippen molar-refractivity contribution >= 4 is 25.4 Å². The molecule has 236 valence electrons. The van der Waals surface area contributed by atoms with E-state index in [0.717, 1.165) is 6.07 Å². The van der Waals surface area contributed by atoms with Crippen LogP contribution in [0.4, 0.5) is 17.1 Å². The summed E-state index contributed by atoms with van der Waals surface area (Å²) in [7, 11) is -1.47. The second-order valence-electron chi connectivity index (χ2n) is 9.39. The van der Waals surface area contributed by atoms with Crippen molar-refractivity contribution in [2.75, 3.05) is 111 Å². The maximum atomic E-state index is 11.1. The fourth-order valence-electron chi connectivity index (χ4n) is 3.02. The average molecular weight is 608 g/mol. The molecule has 0 amide bonds. The summed E-state index contributed by atoms with van der Waals surface area (Å²) in [6.45, 7) is 13.7. The first-order valence-corrected chi connectivity index (χ1v) is 17.0. The quantitative estimate of drug-likeness (QED) is 0.0638. The lowest BCUT2D eigenvalue weighted by atomic mass is 10.2. The van der Waals surface area contributed by atoms with E-state index in [9.17, 15) is 20.2 Å². The van der Waals surface area contributed by atoms with E-state index in [2.05, 4.69) is 25.0 Å². The number of hydrogen-bond acceptors (Lipinski definition) is 13. The molecule has 0 radical (unpaired) electrons. The zero-order valence-electron chi connectivity index (χ0n) is 24.3. The van der Waals surface area contributed by atoms with Crippen molar-refractivity contribution in [3.05, 3.63) is 38.4 Å². The molecule has 0 aromatic heterocycles. The summed E-state index contributed by atoms with van der Waals surface area (Å²) in [5.41, 5.74) is -0.512. The molecule has 15 nitrogen and oxygen atoms in total. The number of ether oxygens (including phenoxy) is 7. The van der Waals surface area contributed by atoms with Crippen molar-refractivity contribution in [3.63, 3.8) is 0 Å². The molecule has 1 aromatic rings. The molecule has 41 heavy (non-hydrogen) atoms. The van der Waals surface area contributed by atoms with E-state index in [-0.39, 0.29) is 23.7 Å². The summed E-state index contributed by atoms with van der Waals surface area (Å²) in [6, 6.07) is 3.43. The third kappa shape index (κ3) is 21.1. The van der Waals surface area contributed by atoms with Gasteiger partial charge in [0.2, 0.25) is 0 Å². The lowest BCUT2D eigenvalue weighted by Gasteiger charge is -2.16. The Labute approximate surface area is 242 Å². The molecule has 1 rings (SSSR count). The van der Waals surface area contributed by atoms with Crippen LogP contribution in [-0.4, -0.2) is 124 Å². The minimum atomic E-state index is -1.47. The fraction of sp³-hybridized carbons (Fsp3) is 0.760. The molecule has 0 atom stereocenters. The lowest BCUT2D eigenvalue weighted by molar-refractivity contribution is -0.393. The van der Waals surface area contributed by atoms with Crippen LogP contribution in [0, 0.1) is 20.2 Å². The Morgan fingerprint density at radius 1 is 0.610 bits per heavy atom. The highest BCUT2D eigenvalue weighted by Crippen LogP contribution is 2.28. The number of hydrogen-bond donors (Lipinski definition) is 1. The van der Waals surface area contributed by atoms with E-state index >= 15 is 0 Å². The predicted octanol–water partition coefficient (Wildman–Crippen LogP) is 2.88. The molecule has 0 aliphatic carbocycles. The minimum absolute atomic E-state index is 0.191. The summed E-state index contributed by atoms with van der Waals surface area (Å²) in [6.07, 6.45) is 0. The van der Waals surface area contributed by atoms with Gasteiger partial charge in [-0.15, -0.1) is 0 Å². The first-order valence-electron chi connectivity index (χ1n) is 13.6. The molecule has 0 unspecified atom stereocenters. The van der Waals surface area contributed by atoms with Gasteiger partial charge in [0.15, 0.2) is 8.32 Å². The first kappa shape index (κ1) is 36.7. The summed E-state index contributed by atoms with van der Waals surface area (Å²) >= 11 is 0. The third-order valence-electron chi connectivity index (χ3n) is 4.95. The van der Waals surface area contributed by atoms with Gasteiger partial charge >= 0.3 is 0 Å². The van der Waals surface area contributed by atoms with Crippen LogP contribution in [0.15, 0.2) is 18.2 Å². The molecule has 0 fully saturated rings. The van der Waals surface area contributed by atoms with Crippen molar-refractivity contribution in [3.8, 4) is 0 Å². The first-order chi connectivity index (χ1) is 19.7. The fourth-order valence-corrected chi connectivity index (χ4v) is 3.72. The number of nitrogens with one attached hydrogen (secondary N) is 1. The summed E-state index contributed by atoms with van der Waals surface area (Å²) < 4.78 is 43.7. The van der Waals surface area contributed by atoms with E-state index in [1.54, 1.807) is 0 Å². The number of anilines is 1. The number of rotatable bonds is 28. The largest absolute Gasteiger partial charge is 0.415 e. The van der Waals surface area contributed by atoms with E-state index in [0.29, 0.717) is 99.0 Å². The van der Waals surface area contributed by atoms with E-state index in [1.165, 1.54) is 12.1 Å². The maximum Gasteiger partial charge on any atom is 0.299 e. The van der Waals surface area contributed by atoms with Crippen LogP contribution in [0.5, 0.6) is 0 Å². The molecule has 0 aliphatic heterocycles. The van der Waals surface area contributed by atoms with Gasteiger partial charge in [-0.25, -0.2) is 0 Å². The molecule has 0 spiro atoms.